The van der Waals surface area contributed by atoms with Gasteiger partial charge in [0, 0.05) is 10.4 Å². The van der Waals surface area contributed by atoms with Crippen molar-refractivity contribution in [1.29, 1.82) is 0 Å². The quantitative estimate of drug-likeness (QED) is 0.353. The molecule has 2 aromatic carbocycles. The number of aromatic nitrogens is 4. The van der Waals surface area contributed by atoms with E-state index >= 15 is 0 Å². The maximum Gasteiger partial charge on any atom is 0.357 e. The molecular formula is C21H15FN4O2S. The van der Waals surface area contributed by atoms with Crippen molar-refractivity contribution in [2.24, 2.45) is 0 Å². The van der Waals surface area contributed by atoms with Crippen molar-refractivity contribution in [3.05, 3.63) is 88.4 Å². The van der Waals surface area contributed by atoms with E-state index < -0.39 is 5.97 Å². The molecule has 2 heterocycles. The van der Waals surface area contributed by atoms with Crippen molar-refractivity contribution in [1.82, 2.24) is 20.2 Å². The number of hydrogen-bond donors (Lipinski definition) is 0. The van der Waals surface area contributed by atoms with Gasteiger partial charge in [0.2, 0.25) is 0 Å². The summed E-state index contributed by atoms with van der Waals surface area (Å²) in [5.41, 5.74) is 1.47. The number of tetrazole rings is 1. The standard InChI is InChI=1S/C21H15FN4O2S/c22-17-9-4-6-15(12-17)14-28-21(27)19(13-18-10-5-11-29-18)26-20(23-24-25-26)16-7-2-1-3-8-16/h1-13H,14H2/b19-13-. The van der Waals surface area contributed by atoms with Crippen molar-refractivity contribution in [2.45, 2.75) is 6.61 Å². The number of esters is 1. The zero-order valence-corrected chi connectivity index (χ0v) is 15.9. The zero-order valence-electron chi connectivity index (χ0n) is 15.1. The first-order chi connectivity index (χ1) is 14.2. The van der Waals surface area contributed by atoms with Crippen LogP contribution >= 0.6 is 11.3 Å². The maximum atomic E-state index is 13.4. The third-order valence-electron chi connectivity index (χ3n) is 4.02. The molecule has 0 aliphatic rings. The lowest BCUT2D eigenvalue weighted by Gasteiger charge is -2.10. The average Bonchev–Trinajstić information content (AvgIpc) is 3.43. The Morgan fingerprint density at radius 2 is 1.97 bits per heavy atom. The molecule has 0 fully saturated rings. The molecule has 0 N–H and O–H groups in total. The van der Waals surface area contributed by atoms with Crippen LogP contribution in [-0.4, -0.2) is 26.2 Å². The van der Waals surface area contributed by atoms with Gasteiger partial charge in [-0.05, 0) is 45.6 Å². The summed E-state index contributed by atoms with van der Waals surface area (Å²) in [6.45, 7) is -0.0683. The molecule has 0 radical (unpaired) electrons. The van der Waals surface area contributed by atoms with Crippen LogP contribution in [0.3, 0.4) is 0 Å². The van der Waals surface area contributed by atoms with E-state index in [0.29, 0.717) is 11.4 Å². The Balaban J connectivity index is 1.67. The summed E-state index contributed by atoms with van der Waals surface area (Å²) in [5, 5.41) is 13.7. The number of carbonyl (C=O) groups is 1. The van der Waals surface area contributed by atoms with Gasteiger partial charge in [0.15, 0.2) is 11.5 Å². The predicted molar refractivity (Wildman–Crippen MR) is 108 cm³/mol. The summed E-state index contributed by atoms with van der Waals surface area (Å²) < 4.78 is 20.2. The third-order valence-corrected chi connectivity index (χ3v) is 4.84. The Hall–Kier alpha value is -3.65. The Morgan fingerprint density at radius 3 is 2.72 bits per heavy atom. The monoisotopic (exact) mass is 406 g/mol. The van der Waals surface area contributed by atoms with Crippen LogP contribution in [0, 0.1) is 5.82 Å². The lowest BCUT2D eigenvalue weighted by molar-refractivity contribution is -0.138. The van der Waals surface area contributed by atoms with Crippen molar-refractivity contribution in [2.75, 3.05) is 0 Å². The molecule has 8 heteroatoms. The largest absolute Gasteiger partial charge is 0.456 e. The van der Waals surface area contributed by atoms with E-state index in [1.807, 2.05) is 47.8 Å². The molecule has 0 aliphatic heterocycles. The van der Waals surface area contributed by atoms with Gasteiger partial charge in [-0.1, -0.05) is 48.5 Å². The number of ether oxygens (including phenoxy) is 1. The second-order valence-corrected chi connectivity index (χ2v) is 7.01. The van der Waals surface area contributed by atoms with Gasteiger partial charge in [0.1, 0.15) is 12.4 Å². The number of hydrogen-bond acceptors (Lipinski definition) is 6. The van der Waals surface area contributed by atoms with Crippen molar-refractivity contribution >= 4 is 29.1 Å². The first-order valence-electron chi connectivity index (χ1n) is 8.71. The summed E-state index contributed by atoms with van der Waals surface area (Å²) >= 11 is 1.47. The molecule has 0 atom stereocenters. The van der Waals surface area contributed by atoms with Gasteiger partial charge in [-0.15, -0.1) is 16.4 Å². The van der Waals surface area contributed by atoms with Crippen LogP contribution in [0.4, 0.5) is 4.39 Å². The van der Waals surface area contributed by atoms with E-state index in [4.69, 9.17) is 4.74 Å². The van der Waals surface area contributed by atoms with E-state index in [1.54, 1.807) is 18.2 Å². The highest BCUT2D eigenvalue weighted by Gasteiger charge is 2.21. The molecule has 0 amide bonds. The SMILES string of the molecule is O=C(OCc1cccc(F)c1)/C(=C/c1cccs1)n1nnnc1-c1ccccc1. The van der Waals surface area contributed by atoms with Gasteiger partial charge in [-0.25, -0.2) is 9.18 Å². The van der Waals surface area contributed by atoms with Crippen molar-refractivity contribution in [3.63, 3.8) is 0 Å². The van der Waals surface area contributed by atoms with Crippen LogP contribution < -0.4 is 0 Å². The van der Waals surface area contributed by atoms with E-state index in [2.05, 4.69) is 15.5 Å². The van der Waals surface area contributed by atoms with E-state index in [0.717, 1.165) is 10.4 Å². The molecule has 6 nitrogen and oxygen atoms in total. The molecule has 4 aromatic rings. The number of benzene rings is 2. The summed E-state index contributed by atoms with van der Waals surface area (Å²) in [4.78, 5) is 13.8. The lowest BCUT2D eigenvalue weighted by Crippen LogP contribution is -2.15. The highest BCUT2D eigenvalue weighted by molar-refractivity contribution is 7.10. The van der Waals surface area contributed by atoms with Gasteiger partial charge in [-0.2, -0.15) is 4.68 Å². The molecule has 2 aromatic heterocycles. The summed E-state index contributed by atoms with van der Waals surface area (Å²) in [7, 11) is 0. The van der Waals surface area contributed by atoms with Crippen LogP contribution in [0.2, 0.25) is 0 Å². The van der Waals surface area contributed by atoms with E-state index in [1.165, 1.54) is 28.2 Å². The normalized spacial score (nSPS) is 11.4. The number of carbonyl (C=O) groups excluding carboxylic acids is 1. The molecule has 0 saturated carbocycles. The Morgan fingerprint density at radius 1 is 1.10 bits per heavy atom. The highest BCUT2D eigenvalue weighted by atomic mass is 32.1. The topological polar surface area (TPSA) is 69.9 Å². The minimum atomic E-state index is -0.618. The summed E-state index contributed by atoms with van der Waals surface area (Å²) in [5.74, 6) is -0.594. The molecule has 0 unspecified atom stereocenters. The van der Waals surface area contributed by atoms with Gasteiger partial charge in [-0.3, -0.25) is 0 Å². The first kappa shape index (κ1) is 18.7. The second-order valence-electron chi connectivity index (χ2n) is 6.03. The predicted octanol–water partition coefficient (Wildman–Crippen LogP) is 4.28. The summed E-state index contributed by atoms with van der Waals surface area (Å²) in [6.07, 6.45) is 1.67. The second kappa shape index (κ2) is 8.57. The van der Waals surface area contributed by atoms with E-state index in [9.17, 15) is 9.18 Å². The van der Waals surface area contributed by atoms with Crippen LogP contribution in [0.5, 0.6) is 0 Å². The number of thiophene rings is 1. The maximum absolute atomic E-state index is 13.4. The molecule has 0 bridgehead atoms. The Labute approximate surface area is 169 Å². The molecule has 0 spiro atoms. The van der Waals surface area contributed by atoms with Gasteiger partial charge < -0.3 is 4.74 Å². The molecular weight excluding hydrogens is 391 g/mol. The van der Waals surface area contributed by atoms with Crippen LogP contribution in [0.25, 0.3) is 23.2 Å². The minimum absolute atomic E-state index is 0.0683. The number of rotatable bonds is 6. The average molecular weight is 406 g/mol. The Kier molecular flexibility index (Phi) is 5.53. The van der Waals surface area contributed by atoms with Crippen LogP contribution in [0.15, 0.2) is 72.1 Å². The Bertz CT molecular complexity index is 1140. The zero-order chi connectivity index (χ0) is 20.1. The van der Waals surface area contributed by atoms with Crippen molar-refractivity contribution in [3.8, 4) is 11.4 Å². The number of nitrogens with zero attached hydrogens (tertiary/aromatic N) is 4. The minimum Gasteiger partial charge on any atom is -0.456 e. The van der Waals surface area contributed by atoms with Gasteiger partial charge in [0.05, 0.1) is 0 Å². The molecule has 144 valence electrons. The van der Waals surface area contributed by atoms with Crippen molar-refractivity contribution < 1.29 is 13.9 Å². The first-order valence-corrected chi connectivity index (χ1v) is 9.59. The molecule has 4 rings (SSSR count). The van der Waals surface area contributed by atoms with Crippen LogP contribution in [0.1, 0.15) is 10.4 Å². The smallest absolute Gasteiger partial charge is 0.357 e. The lowest BCUT2D eigenvalue weighted by atomic mass is 10.2. The fourth-order valence-corrected chi connectivity index (χ4v) is 3.33. The van der Waals surface area contributed by atoms with Gasteiger partial charge in [0.25, 0.3) is 0 Å². The summed E-state index contributed by atoms with van der Waals surface area (Å²) in [6, 6.07) is 19.0. The third kappa shape index (κ3) is 4.44. The van der Waals surface area contributed by atoms with Crippen LogP contribution in [-0.2, 0) is 16.1 Å². The fraction of sp³-hybridized carbons (Fsp3) is 0.0476. The van der Waals surface area contributed by atoms with E-state index in [-0.39, 0.29) is 18.1 Å². The number of halogens is 1. The molecule has 0 aliphatic carbocycles. The fourth-order valence-electron chi connectivity index (χ4n) is 2.68. The molecule has 29 heavy (non-hydrogen) atoms. The highest BCUT2D eigenvalue weighted by Crippen LogP contribution is 2.23. The molecule has 0 saturated heterocycles. The van der Waals surface area contributed by atoms with Gasteiger partial charge >= 0.3 is 5.97 Å².